The fraction of sp³-hybridized carbons (Fsp3) is 0.684. The van der Waals surface area contributed by atoms with E-state index in [0.29, 0.717) is 32.5 Å². The number of nitrogens with zero attached hydrogens (tertiary/aromatic N) is 1. The molecule has 3 fully saturated rings. The van der Waals surface area contributed by atoms with Gasteiger partial charge in [-0.2, -0.15) is 0 Å². The zero-order valence-corrected chi connectivity index (χ0v) is 17.3. The van der Waals surface area contributed by atoms with Crippen molar-refractivity contribution in [2.45, 2.75) is 43.3 Å². The minimum absolute atomic E-state index is 0. The van der Waals surface area contributed by atoms with Crippen molar-refractivity contribution in [2.75, 3.05) is 39.4 Å². The van der Waals surface area contributed by atoms with Gasteiger partial charge in [0.25, 0.3) is 5.91 Å². The van der Waals surface area contributed by atoms with Crippen LogP contribution in [-0.2, 0) is 26.2 Å². The molecule has 1 amide bonds. The second kappa shape index (κ2) is 7.48. The molecule has 0 atom stereocenters. The number of amides is 1. The lowest BCUT2D eigenvalue weighted by molar-refractivity contribution is -0.0792. The Morgan fingerprint density at radius 2 is 1.93 bits per heavy atom. The number of halogens is 1. The number of hydrogen-bond donors (Lipinski definition) is 1. The highest BCUT2D eigenvalue weighted by Crippen LogP contribution is 2.44. The van der Waals surface area contributed by atoms with E-state index >= 15 is 0 Å². The first-order valence-electron chi connectivity index (χ1n) is 9.72. The standard InChI is InChI=1S/C19H24N2O5S.ClH/c22-16(21-8-4-18(5-9-21)12-24-17(23)26-18)15-11-13-14(27-15)1-10-25-19(13)2-6-20-7-3-19;/h11,20H,1-10,12H2;1H. The van der Waals surface area contributed by atoms with Gasteiger partial charge < -0.3 is 24.4 Å². The van der Waals surface area contributed by atoms with Crippen molar-refractivity contribution in [3.63, 3.8) is 0 Å². The van der Waals surface area contributed by atoms with Crippen molar-refractivity contribution in [1.29, 1.82) is 0 Å². The molecule has 2 spiro atoms. The lowest BCUT2D eigenvalue weighted by atomic mass is 9.83. The van der Waals surface area contributed by atoms with Gasteiger partial charge in [0.05, 0.1) is 17.1 Å². The molecule has 1 N–H and O–H groups in total. The fourth-order valence-electron chi connectivity index (χ4n) is 4.71. The Labute approximate surface area is 174 Å². The van der Waals surface area contributed by atoms with Crippen LogP contribution in [0.15, 0.2) is 6.07 Å². The monoisotopic (exact) mass is 428 g/mol. The van der Waals surface area contributed by atoms with Crippen molar-refractivity contribution >= 4 is 35.8 Å². The van der Waals surface area contributed by atoms with Crippen LogP contribution in [0.2, 0.25) is 0 Å². The second-order valence-corrected chi connectivity index (χ2v) is 9.04. The first-order valence-corrected chi connectivity index (χ1v) is 10.5. The number of rotatable bonds is 1. The number of ether oxygens (including phenoxy) is 3. The largest absolute Gasteiger partial charge is 0.509 e. The number of cyclic esters (lactones) is 1. The highest BCUT2D eigenvalue weighted by molar-refractivity contribution is 7.14. The molecular weight excluding hydrogens is 404 g/mol. The maximum atomic E-state index is 13.1. The molecule has 28 heavy (non-hydrogen) atoms. The summed E-state index contributed by atoms with van der Waals surface area (Å²) in [4.78, 5) is 28.4. The van der Waals surface area contributed by atoms with Gasteiger partial charge in [-0.1, -0.05) is 0 Å². The minimum Gasteiger partial charge on any atom is -0.430 e. The van der Waals surface area contributed by atoms with E-state index in [2.05, 4.69) is 11.4 Å². The summed E-state index contributed by atoms with van der Waals surface area (Å²) in [6.07, 6.45) is 3.48. The maximum absolute atomic E-state index is 13.1. The molecule has 4 aliphatic heterocycles. The Bertz CT molecular complexity index is 768. The third-order valence-corrected chi connectivity index (χ3v) is 7.53. The molecule has 0 bridgehead atoms. The molecule has 0 unspecified atom stereocenters. The average molecular weight is 429 g/mol. The van der Waals surface area contributed by atoms with Gasteiger partial charge in [-0.3, -0.25) is 4.79 Å². The predicted octanol–water partition coefficient (Wildman–Crippen LogP) is 2.46. The summed E-state index contributed by atoms with van der Waals surface area (Å²) in [6, 6.07) is 2.08. The van der Waals surface area contributed by atoms with Gasteiger partial charge in [-0.25, -0.2) is 4.79 Å². The van der Waals surface area contributed by atoms with Crippen LogP contribution in [0.25, 0.3) is 0 Å². The minimum atomic E-state index is -0.590. The third-order valence-electron chi connectivity index (χ3n) is 6.34. The summed E-state index contributed by atoms with van der Waals surface area (Å²) in [5.41, 5.74) is 0.486. The van der Waals surface area contributed by atoms with Crippen LogP contribution >= 0.6 is 23.7 Å². The van der Waals surface area contributed by atoms with Crippen LogP contribution in [0.3, 0.4) is 0 Å². The van der Waals surface area contributed by atoms with E-state index in [1.807, 2.05) is 4.90 Å². The molecular formula is C19H25ClN2O5S. The molecule has 1 aromatic rings. The molecule has 4 aliphatic rings. The molecule has 0 saturated carbocycles. The van der Waals surface area contributed by atoms with Crippen LogP contribution in [0.5, 0.6) is 0 Å². The Morgan fingerprint density at radius 1 is 1.18 bits per heavy atom. The van der Waals surface area contributed by atoms with E-state index in [-0.39, 0.29) is 23.9 Å². The van der Waals surface area contributed by atoms with Crippen LogP contribution in [0.4, 0.5) is 4.79 Å². The molecule has 9 heteroatoms. The van der Waals surface area contributed by atoms with Crippen LogP contribution < -0.4 is 5.32 Å². The number of hydrogen-bond acceptors (Lipinski definition) is 7. The summed E-state index contributed by atoms with van der Waals surface area (Å²) in [6.45, 7) is 4.11. The van der Waals surface area contributed by atoms with Gasteiger partial charge >= 0.3 is 6.16 Å². The van der Waals surface area contributed by atoms with E-state index < -0.39 is 11.8 Å². The number of piperidine rings is 2. The summed E-state index contributed by atoms with van der Waals surface area (Å²) in [7, 11) is 0. The lowest BCUT2D eigenvalue weighted by Crippen LogP contribution is -2.48. The van der Waals surface area contributed by atoms with Crippen molar-refractivity contribution < 1.29 is 23.8 Å². The Balaban J connectivity index is 0.00000192. The first-order chi connectivity index (χ1) is 13.1. The smallest absolute Gasteiger partial charge is 0.430 e. The molecule has 7 nitrogen and oxygen atoms in total. The summed E-state index contributed by atoms with van der Waals surface area (Å²) >= 11 is 1.63. The molecule has 3 saturated heterocycles. The molecule has 1 aromatic heterocycles. The molecule has 0 radical (unpaired) electrons. The quantitative estimate of drug-likeness (QED) is 0.692. The average Bonchev–Trinajstić information content (AvgIpc) is 3.28. The van der Waals surface area contributed by atoms with Crippen molar-refractivity contribution in [1.82, 2.24) is 10.2 Å². The molecule has 5 heterocycles. The van der Waals surface area contributed by atoms with E-state index in [1.54, 1.807) is 11.3 Å². The van der Waals surface area contributed by atoms with Crippen LogP contribution in [0.1, 0.15) is 45.8 Å². The van der Waals surface area contributed by atoms with E-state index in [0.717, 1.165) is 43.8 Å². The van der Waals surface area contributed by atoms with Crippen molar-refractivity contribution in [2.24, 2.45) is 0 Å². The predicted molar refractivity (Wildman–Crippen MR) is 105 cm³/mol. The SMILES string of the molecule is Cl.O=C1OCC2(CCN(C(=O)c3cc4c(s3)CCOC43CCNCC3)CC2)O1. The third kappa shape index (κ3) is 3.30. The van der Waals surface area contributed by atoms with Gasteiger partial charge in [0.15, 0.2) is 5.60 Å². The van der Waals surface area contributed by atoms with Crippen molar-refractivity contribution in [3.05, 3.63) is 21.4 Å². The van der Waals surface area contributed by atoms with Gasteiger partial charge in [0, 0.05) is 37.2 Å². The number of nitrogens with one attached hydrogen (secondary N) is 1. The highest BCUT2D eigenvalue weighted by atomic mass is 35.5. The normalized spacial score (nSPS) is 25.0. The first kappa shape index (κ1) is 19.9. The number of carbonyl (C=O) groups excluding carboxylic acids is 2. The van der Waals surface area contributed by atoms with Crippen LogP contribution in [0, 0.1) is 0 Å². The van der Waals surface area contributed by atoms with Crippen LogP contribution in [-0.4, -0.2) is 62.0 Å². The Morgan fingerprint density at radius 3 is 2.61 bits per heavy atom. The second-order valence-electron chi connectivity index (χ2n) is 7.91. The summed E-state index contributed by atoms with van der Waals surface area (Å²) in [5, 5.41) is 3.40. The van der Waals surface area contributed by atoms with E-state index in [4.69, 9.17) is 14.2 Å². The summed E-state index contributed by atoms with van der Waals surface area (Å²) < 4.78 is 16.5. The van der Waals surface area contributed by atoms with Gasteiger partial charge in [-0.15, -0.1) is 23.7 Å². The zero-order valence-electron chi connectivity index (χ0n) is 15.7. The summed E-state index contributed by atoms with van der Waals surface area (Å²) in [5.74, 6) is 0.0820. The highest BCUT2D eigenvalue weighted by Gasteiger charge is 2.46. The zero-order chi connectivity index (χ0) is 18.5. The van der Waals surface area contributed by atoms with Crippen molar-refractivity contribution in [3.8, 4) is 0 Å². The number of fused-ring (bicyclic) bond motifs is 2. The lowest BCUT2D eigenvalue weighted by Gasteiger charge is -2.40. The number of thiophene rings is 1. The maximum Gasteiger partial charge on any atom is 0.509 e. The van der Waals surface area contributed by atoms with Gasteiger partial charge in [0.2, 0.25) is 0 Å². The van der Waals surface area contributed by atoms with Gasteiger partial charge in [0.1, 0.15) is 6.61 Å². The van der Waals surface area contributed by atoms with Gasteiger partial charge in [-0.05, 0) is 37.6 Å². The van der Waals surface area contributed by atoms with E-state index in [9.17, 15) is 9.59 Å². The number of carbonyl (C=O) groups is 2. The molecule has 0 aromatic carbocycles. The molecule has 0 aliphatic carbocycles. The fourth-order valence-corrected chi connectivity index (χ4v) is 5.91. The number of likely N-dealkylation sites (tertiary alicyclic amines) is 1. The Kier molecular flexibility index (Phi) is 5.33. The van der Waals surface area contributed by atoms with E-state index in [1.165, 1.54) is 10.4 Å². The molecule has 154 valence electrons. The topological polar surface area (TPSA) is 77.1 Å². The Hall–Kier alpha value is -1.35. The molecule has 5 rings (SSSR count).